The van der Waals surface area contributed by atoms with Gasteiger partial charge in [-0.25, -0.2) is 0 Å². The van der Waals surface area contributed by atoms with E-state index in [0.717, 1.165) is 0 Å². The molecule has 0 radical (unpaired) electrons. The van der Waals surface area contributed by atoms with Crippen molar-refractivity contribution in [2.24, 2.45) is 0 Å². The summed E-state index contributed by atoms with van der Waals surface area (Å²) in [5, 5.41) is 3.00. The molecule has 0 atom stereocenters. The first kappa shape index (κ1) is 13.1. The van der Waals surface area contributed by atoms with Crippen LogP contribution in [-0.2, 0) is 0 Å². The Balaban J connectivity index is 2.09. The summed E-state index contributed by atoms with van der Waals surface area (Å²) in [5.41, 5.74) is 7.60. The quantitative estimate of drug-likeness (QED) is 0.830. The first-order valence-corrected chi connectivity index (χ1v) is 5.41. The van der Waals surface area contributed by atoms with Gasteiger partial charge in [0.15, 0.2) is 0 Å². The summed E-state index contributed by atoms with van der Waals surface area (Å²) < 4.78 is 39.7. The summed E-state index contributed by atoms with van der Waals surface area (Å²) in [5.74, 6) is -0.265. The first-order chi connectivity index (χ1) is 8.94. The third-order valence-corrected chi connectivity index (χ3v) is 2.33. The summed E-state index contributed by atoms with van der Waals surface area (Å²) >= 11 is 0. The van der Waals surface area contributed by atoms with Crippen LogP contribution < -0.4 is 15.8 Å². The zero-order chi connectivity index (χ0) is 13.9. The third-order valence-electron chi connectivity index (χ3n) is 2.33. The second kappa shape index (κ2) is 5.09. The van der Waals surface area contributed by atoms with Gasteiger partial charge in [0.05, 0.1) is 11.4 Å². The number of alkyl halides is 3. The van der Waals surface area contributed by atoms with E-state index in [-0.39, 0.29) is 5.75 Å². The molecule has 0 aromatic heterocycles. The smallest absolute Gasteiger partial charge is 0.406 e. The number of nitrogen functional groups attached to an aromatic ring is 1. The maximum Gasteiger partial charge on any atom is 0.573 e. The summed E-state index contributed by atoms with van der Waals surface area (Å²) in [6.45, 7) is 0. The number of rotatable bonds is 3. The molecule has 0 aliphatic rings. The van der Waals surface area contributed by atoms with E-state index in [1.165, 1.54) is 24.3 Å². The number of anilines is 3. The van der Waals surface area contributed by atoms with Crippen molar-refractivity contribution < 1.29 is 17.9 Å². The van der Waals surface area contributed by atoms with E-state index in [9.17, 15) is 13.2 Å². The van der Waals surface area contributed by atoms with Crippen molar-refractivity contribution in [3.63, 3.8) is 0 Å². The van der Waals surface area contributed by atoms with Crippen LogP contribution in [0.1, 0.15) is 0 Å². The van der Waals surface area contributed by atoms with Gasteiger partial charge >= 0.3 is 6.36 Å². The second-order valence-electron chi connectivity index (χ2n) is 3.78. The van der Waals surface area contributed by atoms with Crippen molar-refractivity contribution in [3.05, 3.63) is 48.5 Å². The Labute approximate surface area is 107 Å². The van der Waals surface area contributed by atoms with Gasteiger partial charge in [0.2, 0.25) is 0 Å². The van der Waals surface area contributed by atoms with E-state index < -0.39 is 6.36 Å². The van der Waals surface area contributed by atoms with E-state index in [1.54, 1.807) is 24.3 Å². The van der Waals surface area contributed by atoms with Gasteiger partial charge in [-0.1, -0.05) is 12.1 Å². The van der Waals surface area contributed by atoms with Gasteiger partial charge in [0, 0.05) is 5.69 Å². The van der Waals surface area contributed by atoms with Crippen molar-refractivity contribution in [1.82, 2.24) is 0 Å². The number of benzene rings is 2. The monoisotopic (exact) mass is 268 g/mol. The fourth-order valence-corrected chi connectivity index (χ4v) is 1.51. The molecule has 19 heavy (non-hydrogen) atoms. The van der Waals surface area contributed by atoms with Crippen LogP contribution in [0.25, 0.3) is 0 Å². The molecular weight excluding hydrogens is 257 g/mol. The molecule has 2 rings (SSSR count). The molecule has 0 heterocycles. The molecule has 6 heteroatoms. The molecule has 100 valence electrons. The minimum atomic E-state index is -4.68. The van der Waals surface area contributed by atoms with Crippen LogP contribution in [0.3, 0.4) is 0 Å². The number of hydrogen-bond acceptors (Lipinski definition) is 3. The van der Waals surface area contributed by atoms with E-state index >= 15 is 0 Å². The lowest BCUT2D eigenvalue weighted by Crippen LogP contribution is -2.16. The van der Waals surface area contributed by atoms with Crippen molar-refractivity contribution in [2.75, 3.05) is 11.1 Å². The van der Waals surface area contributed by atoms with Crippen LogP contribution in [-0.4, -0.2) is 6.36 Å². The molecule has 0 amide bonds. The van der Waals surface area contributed by atoms with Gasteiger partial charge in [-0.3, -0.25) is 0 Å². The van der Waals surface area contributed by atoms with Crippen LogP contribution in [0.4, 0.5) is 30.2 Å². The van der Waals surface area contributed by atoms with E-state index in [0.29, 0.717) is 17.1 Å². The Morgan fingerprint density at radius 3 is 2.16 bits per heavy atom. The van der Waals surface area contributed by atoms with E-state index in [1.807, 2.05) is 0 Å². The number of nitrogens with two attached hydrogens (primary N) is 1. The van der Waals surface area contributed by atoms with Gasteiger partial charge < -0.3 is 15.8 Å². The molecule has 2 aromatic rings. The average Bonchev–Trinajstić information content (AvgIpc) is 2.33. The normalized spacial score (nSPS) is 11.1. The van der Waals surface area contributed by atoms with E-state index in [4.69, 9.17) is 5.73 Å². The highest BCUT2D eigenvalue weighted by Gasteiger charge is 2.30. The largest absolute Gasteiger partial charge is 0.573 e. The molecule has 0 spiro atoms. The maximum absolute atomic E-state index is 12.0. The summed E-state index contributed by atoms with van der Waals surface area (Å²) in [6.07, 6.45) is -4.68. The molecular formula is C13H11F3N2O. The number of halogens is 3. The Bertz CT molecular complexity index is 553. The molecule has 0 aliphatic heterocycles. The number of nitrogens with one attached hydrogen (secondary N) is 1. The molecule has 3 N–H and O–H groups in total. The van der Waals surface area contributed by atoms with Crippen LogP contribution in [0.15, 0.2) is 48.5 Å². The molecule has 0 unspecified atom stereocenters. The maximum atomic E-state index is 12.0. The molecule has 0 saturated carbocycles. The van der Waals surface area contributed by atoms with Crippen molar-refractivity contribution in [3.8, 4) is 5.75 Å². The number of ether oxygens (including phenoxy) is 1. The predicted octanol–water partition coefficient (Wildman–Crippen LogP) is 3.91. The highest BCUT2D eigenvalue weighted by Crippen LogP contribution is 2.26. The molecule has 2 aromatic carbocycles. The highest BCUT2D eigenvalue weighted by atomic mass is 19.4. The van der Waals surface area contributed by atoms with Gasteiger partial charge in [-0.05, 0) is 36.4 Å². The fraction of sp³-hybridized carbons (Fsp3) is 0.0769. The van der Waals surface area contributed by atoms with Gasteiger partial charge in [-0.15, -0.1) is 13.2 Å². The zero-order valence-corrected chi connectivity index (χ0v) is 9.74. The van der Waals surface area contributed by atoms with E-state index in [2.05, 4.69) is 10.1 Å². The Hall–Kier alpha value is -2.37. The van der Waals surface area contributed by atoms with Crippen molar-refractivity contribution in [2.45, 2.75) is 6.36 Å². The van der Waals surface area contributed by atoms with Gasteiger partial charge in [-0.2, -0.15) is 0 Å². The highest BCUT2D eigenvalue weighted by molar-refractivity contribution is 5.72. The number of hydrogen-bond donors (Lipinski definition) is 2. The zero-order valence-electron chi connectivity index (χ0n) is 9.74. The van der Waals surface area contributed by atoms with Crippen molar-refractivity contribution in [1.29, 1.82) is 0 Å². The van der Waals surface area contributed by atoms with Crippen molar-refractivity contribution >= 4 is 17.1 Å². The predicted molar refractivity (Wildman–Crippen MR) is 67.3 cm³/mol. The minimum absolute atomic E-state index is 0.265. The van der Waals surface area contributed by atoms with Crippen LogP contribution in [0.2, 0.25) is 0 Å². The second-order valence-corrected chi connectivity index (χ2v) is 3.78. The topological polar surface area (TPSA) is 47.3 Å². The third kappa shape index (κ3) is 3.80. The van der Waals surface area contributed by atoms with Crippen LogP contribution >= 0.6 is 0 Å². The van der Waals surface area contributed by atoms with Gasteiger partial charge in [0.1, 0.15) is 5.75 Å². The Morgan fingerprint density at radius 1 is 0.947 bits per heavy atom. The fourth-order valence-electron chi connectivity index (χ4n) is 1.51. The minimum Gasteiger partial charge on any atom is -0.406 e. The summed E-state index contributed by atoms with van der Waals surface area (Å²) in [6, 6.07) is 12.5. The molecule has 0 bridgehead atoms. The lowest BCUT2D eigenvalue weighted by atomic mass is 10.2. The Morgan fingerprint density at radius 2 is 1.58 bits per heavy atom. The summed E-state index contributed by atoms with van der Waals surface area (Å²) in [4.78, 5) is 0. The number of para-hydroxylation sites is 2. The molecule has 0 saturated heterocycles. The Kier molecular flexibility index (Phi) is 3.50. The first-order valence-electron chi connectivity index (χ1n) is 5.41. The van der Waals surface area contributed by atoms with Crippen LogP contribution in [0.5, 0.6) is 5.75 Å². The summed E-state index contributed by atoms with van der Waals surface area (Å²) in [7, 11) is 0. The standard InChI is InChI=1S/C13H11F3N2O/c14-13(15,16)19-10-7-5-9(6-8-10)18-12-4-2-1-3-11(12)17/h1-8,18H,17H2. The molecule has 3 nitrogen and oxygen atoms in total. The SMILES string of the molecule is Nc1ccccc1Nc1ccc(OC(F)(F)F)cc1. The lowest BCUT2D eigenvalue weighted by molar-refractivity contribution is -0.274. The lowest BCUT2D eigenvalue weighted by Gasteiger charge is -2.11. The van der Waals surface area contributed by atoms with Gasteiger partial charge in [0.25, 0.3) is 0 Å². The molecule has 0 aliphatic carbocycles. The average molecular weight is 268 g/mol. The molecule has 0 fully saturated rings. The van der Waals surface area contributed by atoms with Crippen LogP contribution in [0, 0.1) is 0 Å².